The number of rotatable bonds is 5. The number of carbonyl (C=O) groups is 2. The molecule has 0 aromatic carbocycles. The third-order valence-electron chi connectivity index (χ3n) is 2.72. The van der Waals surface area contributed by atoms with Gasteiger partial charge >= 0.3 is 16.2 Å². The molecule has 1 heterocycles. The lowest BCUT2D eigenvalue weighted by Gasteiger charge is -2.23. The first kappa shape index (κ1) is 13.9. The Labute approximate surface area is 98.6 Å². The van der Waals surface area contributed by atoms with E-state index in [0.717, 1.165) is 4.90 Å². The van der Waals surface area contributed by atoms with E-state index in [1.807, 2.05) is 0 Å². The Morgan fingerprint density at radius 1 is 1.65 bits per heavy atom. The zero-order valence-electron chi connectivity index (χ0n) is 9.30. The molecule has 98 valence electrons. The summed E-state index contributed by atoms with van der Waals surface area (Å²) in [6.07, 6.45) is 0.114. The number of hydrogen-bond acceptors (Lipinski definition) is 4. The van der Waals surface area contributed by atoms with E-state index in [1.54, 1.807) is 6.92 Å². The van der Waals surface area contributed by atoms with Gasteiger partial charge in [0.2, 0.25) is 5.91 Å². The van der Waals surface area contributed by atoms with Gasteiger partial charge in [0.1, 0.15) is 6.04 Å². The number of likely N-dealkylation sites (tertiary alicyclic amines) is 1. The van der Waals surface area contributed by atoms with E-state index >= 15 is 0 Å². The normalized spacial score (nSPS) is 22.8. The molecule has 0 aromatic rings. The molecule has 0 spiro atoms. The Bertz CT molecular complexity index is 421. The fourth-order valence-corrected chi connectivity index (χ4v) is 2.82. The number of carboxylic acid groups (broad SMARTS) is 1. The van der Waals surface area contributed by atoms with Gasteiger partial charge in [0.25, 0.3) is 0 Å². The minimum Gasteiger partial charge on any atom is -0.480 e. The van der Waals surface area contributed by atoms with Gasteiger partial charge in [-0.15, -0.1) is 3.89 Å². The fraction of sp³-hybridized carbons (Fsp3) is 0.778. The summed E-state index contributed by atoms with van der Waals surface area (Å²) < 4.78 is 33.4. The highest BCUT2D eigenvalue weighted by Crippen LogP contribution is 2.23. The Morgan fingerprint density at radius 2 is 2.24 bits per heavy atom. The van der Waals surface area contributed by atoms with Crippen LogP contribution in [0, 0.1) is 5.92 Å². The van der Waals surface area contributed by atoms with Crippen LogP contribution in [0.2, 0.25) is 0 Å². The van der Waals surface area contributed by atoms with Crippen molar-refractivity contribution in [3.05, 3.63) is 0 Å². The van der Waals surface area contributed by atoms with E-state index in [9.17, 15) is 21.9 Å². The fourth-order valence-electron chi connectivity index (χ4n) is 2.03. The molecule has 1 saturated heterocycles. The van der Waals surface area contributed by atoms with Gasteiger partial charge in [0.05, 0.1) is 5.75 Å². The van der Waals surface area contributed by atoms with Crippen LogP contribution < -0.4 is 0 Å². The maximum absolute atomic E-state index is 12.5. The number of carbonyl (C=O) groups excluding carboxylic acids is 1. The van der Waals surface area contributed by atoms with Crippen LogP contribution in [-0.4, -0.2) is 48.6 Å². The van der Waals surface area contributed by atoms with Gasteiger partial charge in [-0.3, -0.25) is 4.79 Å². The first-order chi connectivity index (χ1) is 7.74. The van der Waals surface area contributed by atoms with Crippen molar-refractivity contribution in [2.75, 3.05) is 12.3 Å². The number of nitrogens with zero attached hydrogens (tertiary/aromatic N) is 1. The Kier molecular flexibility index (Phi) is 4.07. The summed E-state index contributed by atoms with van der Waals surface area (Å²) in [5.74, 6) is -2.96. The lowest BCUT2D eigenvalue weighted by atomic mass is 10.1. The number of aliphatic carboxylic acids is 1. The van der Waals surface area contributed by atoms with Crippen LogP contribution in [0.15, 0.2) is 0 Å². The monoisotopic (exact) mass is 267 g/mol. The van der Waals surface area contributed by atoms with E-state index < -0.39 is 39.8 Å². The average molecular weight is 267 g/mol. The number of hydrogen-bond donors (Lipinski definition) is 1. The summed E-state index contributed by atoms with van der Waals surface area (Å²) in [6, 6.07) is -0.963. The van der Waals surface area contributed by atoms with Crippen molar-refractivity contribution in [1.29, 1.82) is 0 Å². The smallest absolute Gasteiger partial charge is 0.326 e. The minimum absolute atomic E-state index is 0.0210. The third-order valence-corrected chi connectivity index (χ3v) is 3.59. The van der Waals surface area contributed by atoms with Crippen molar-refractivity contribution < 1.29 is 27.0 Å². The molecule has 0 saturated carbocycles. The Hall–Kier alpha value is -1.18. The van der Waals surface area contributed by atoms with Crippen molar-refractivity contribution in [1.82, 2.24) is 4.90 Å². The maximum Gasteiger partial charge on any atom is 0.326 e. The SMILES string of the molecule is CCC(C(=O)O)N1CC(CS(=O)(=O)F)CC1=O. The molecule has 8 heteroatoms. The molecule has 1 rings (SSSR count). The molecule has 2 atom stereocenters. The van der Waals surface area contributed by atoms with Crippen molar-refractivity contribution in [3.63, 3.8) is 0 Å². The zero-order valence-corrected chi connectivity index (χ0v) is 10.1. The summed E-state index contributed by atoms with van der Waals surface area (Å²) in [7, 11) is -4.63. The van der Waals surface area contributed by atoms with Gasteiger partial charge in [0.15, 0.2) is 0 Å². The van der Waals surface area contributed by atoms with Crippen LogP contribution in [0.1, 0.15) is 19.8 Å². The highest BCUT2D eigenvalue weighted by molar-refractivity contribution is 7.86. The van der Waals surface area contributed by atoms with E-state index in [4.69, 9.17) is 5.11 Å². The van der Waals surface area contributed by atoms with Gasteiger partial charge in [-0.1, -0.05) is 6.92 Å². The van der Waals surface area contributed by atoms with Gasteiger partial charge in [0, 0.05) is 18.9 Å². The summed E-state index contributed by atoms with van der Waals surface area (Å²) in [6.45, 7) is 1.60. The highest BCUT2D eigenvalue weighted by Gasteiger charge is 2.38. The standard InChI is InChI=1S/C9H14FNO5S/c1-2-7(9(13)14)11-4-6(3-8(11)12)5-17(10,15)16/h6-7H,2-5H2,1H3,(H,13,14). The lowest BCUT2D eigenvalue weighted by molar-refractivity contribution is -0.148. The number of carboxylic acids is 1. The van der Waals surface area contributed by atoms with Crippen molar-refractivity contribution in [2.24, 2.45) is 5.92 Å². The predicted octanol–water partition coefficient (Wildman–Crippen LogP) is -0.00260. The van der Waals surface area contributed by atoms with Crippen LogP contribution in [0.5, 0.6) is 0 Å². The third kappa shape index (κ3) is 3.65. The molecule has 1 aliphatic rings. The zero-order chi connectivity index (χ0) is 13.2. The molecule has 1 amide bonds. The Balaban J connectivity index is 2.73. The molecule has 1 N–H and O–H groups in total. The first-order valence-electron chi connectivity index (χ1n) is 5.19. The lowest BCUT2D eigenvalue weighted by Crippen LogP contribution is -2.41. The summed E-state index contributed by atoms with van der Waals surface area (Å²) in [4.78, 5) is 23.5. The summed E-state index contributed by atoms with van der Waals surface area (Å²) >= 11 is 0. The summed E-state index contributed by atoms with van der Waals surface area (Å²) in [5, 5.41) is 8.88. The first-order valence-corrected chi connectivity index (χ1v) is 6.74. The van der Waals surface area contributed by atoms with Crippen LogP contribution in [0.25, 0.3) is 0 Å². The van der Waals surface area contributed by atoms with Crippen LogP contribution >= 0.6 is 0 Å². The van der Waals surface area contributed by atoms with E-state index in [2.05, 4.69) is 0 Å². The topological polar surface area (TPSA) is 91.8 Å². The molecular weight excluding hydrogens is 253 g/mol. The number of halogens is 1. The van der Waals surface area contributed by atoms with Gasteiger partial charge in [-0.05, 0) is 6.42 Å². The van der Waals surface area contributed by atoms with Crippen molar-refractivity contribution in [2.45, 2.75) is 25.8 Å². The minimum atomic E-state index is -4.63. The van der Waals surface area contributed by atoms with Gasteiger partial charge < -0.3 is 10.0 Å². The highest BCUT2D eigenvalue weighted by atomic mass is 32.3. The molecule has 17 heavy (non-hydrogen) atoms. The molecule has 0 aliphatic carbocycles. The molecule has 0 aromatic heterocycles. The molecule has 1 fully saturated rings. The largest absolute Gasteiger partial charge is 0.480 e. The number of amides is 1. The van der Waals surface area contributed by atoms with E-state index in [0.29, 0.717) is 0 Å². The second-order valence-corrected chi connectivity index (χ2v) is 5.50. The molecule has 2 unspecified atom stereocenters. The van der Waals surface area contributed by atoms with E-state index in [-0.39, 0.29) is 19.4 Å². The van der Waals surface area contributed by atoms with Crippen LogP contribution in [0.4, 0.5) is 3.89 Å². The molecule has 6 nitrogen and oxygen atoms in total. The summed E-state index contributed by atoms with van der Waals surface area (Å²) in [5.41, 5.74) is 0. The van der Waals surface area contributed by atoms with Gasteiger partial charge in [-0.2, -0.15) is 8.42 Å². The van der Waals surface area contributed by atoms with Crippen LogP contribution in [-0.2, 0) is 19.8 Å². The molecule has 0 radical (unpaired) electrons. The maximum atomic E-state index is 12.5. The molecule has 1 aliphatic heterocycles. The predicted molar refractivity (Wildman–Crippen MR) is 56.4 cm³/mol. The molecule has 0 bridgehead atoms. The molecular formula is C9H14FNO5S. The van der Waals surface area contributed by atoms with Crippen LogP contribution in [0.3, 0.4) is 0 Å². The van der Waals surface area contributed by atoms with E-state index in [1.165, 1.54) is 0 Å². The Morgan fingerprint density at radius 3 is 2.65 bits per heavy atom. The quantitative estimate of drug-likeness (QED) is 0.708. The van der Waals surface area contributed by atoms with Crippen molar-refractivity contribution >= 4 is 22.1 Å². The second kappa shape index (κ2) is 4.99. The second-order valence-electron chi connectivity index (χ2n) is 4.08. The van der Waals surface area contributed by atoms with Crippen molar-refractivity contribution in [3.8, 4) is 0 Å². The average Bonchev–Trinajstić information content (AvgIpc) is 2.44. The van der Waals surface area contributed by atoms with Gasteiger partial charge in [-0.25, -0.2) is 4.79 Å².